The van der Waals surface area contributed by atoms with Gasteiger partial charge >= 0.3 is 0 Å². The van der Waals surface area contributed by atoms with Gasteiger partial charge in [-0.3, -0.25) is 9.59 Å². The Bertz CT molecular complexity index is 513. The number of hydrogen-bond donors (Lipinski definition) is 2. The van der Waals surface area contributed by atoms with Gasteiger partial charge in [-0.05, 0) is 30.5 Å². The SMILES string of the molecule is CCc1ccc(NC(=O)CCN2CCC(NC(C)=O)C2)cc1. The molecule has 2 amide bonds. The summed E-state index contributed by atoms with van der Waals surface area (Å²) in [6.45, 7) is 6.15. The lowest BCUT2D eigenvalue weighted by atomic mass is 10.1. The fourth-order valence-corrected chi connectivity index (χ4v) is 2.75. The van der Waals surface area contributed by atoms with Gasteiger partial charge in [0.25, 0.3) is 0 Å². The maximum Gasteiger partial charge on any atom is 0.225 e. The Balaban J connectivity index is 1.70. The normalized spacial score (nSPS) is 18.2. The van der Waals surface area contributed by atoms with Gasteiger partial charge in [-0.15, -0.1) is 0 Å². The fraction of sp³-hybridized carbons (Fsp3) is 0.529. The molecular weight excluding hydrogens is 278 g/mol. The van der Waals surface area contributed by atoms with E-state index in [9.17, 15) is 9.59 Å². The molecule has 1 aliphatic heterocycles. The molecule has 1 unspecified atom stereocenters. The van der Waals surface area contributed by atoms with Gasteiger partial charge in [0.15, 0.2) is 0 Å². The Morgan fingerprint density at radius 2 is 2.00 bits per heavy atom. The molecule has 1 saturated heterocycles. The second-order valence-electron chi connectivity index (χ2n) is 5.84. The maximum absolute atomic E-state index is 12.0. The van der Waals surface area contributed by atoms with Crippen LogP contribution in [0.15, 0.2) is 24.3 Å². The molecule has 1 fully saturated rings. The minimum Gasteiger partial charge on any atom is -0.352 e. The largest absolute Gasteiger partial charge is 0.352 e. The van der Waals surface area contributed by atoms with Crippen molar-refractivity contribution in [1.82, 2.24) is 10.2 Å². The summed E-state index contributed by atoms with van der Waals surface area (Å²) < 4.78 is 0. The van der Waals surface area contributed by atoms with Crippen molar-refractivity contribution in [3.63, 3.8) is 0 Å². The van der Waals surface area contributed by atoms with Crippen LogP contribution in [0.1, 0.15) is 32.3 Å². The van der Waals surface area contributed by atoms with E-state index in [-0.39, 0.29) is 17.9 Å². The molecule has 0 saturated carbocycles. The quantitative estimate of drug-likeness (QED) is 0.842. The van der Waals surface area contributed by atoms with Crippen molar-refractivity contribution in [1.29, 1.82) is 0 Å². The summed E-state index contributed by atoms with van der Waals surface area (Å²) in [6, 6.07) is 8.18. The van der Waals surface area contributed by atoms with Crippen molar-refractivity contribution in [2.24, 2.45) is 0 Å². The number of aryl methyl sites for hydroxylation is 1. The molecule has 2 rings (SSSR count). The third kappa shape index (κ3) is 5.15. The monoisotopic (exact) mass is 303 g/mol. The van der Waals surface area contributed by atoms with Crippen molar-refractivity contribution in [3.05, 3.63) is 29.8 Å². The van der Waals surface area contributed by atoms with Gasteiger partial charge in [-0.1, -0.05) is 19.1 Å². The molecule has 1 aromatic carbocycles. The molecule has 5 nitrogen and oxygen atoms in total. The molecular formula is C17H25N3O2. The van der Waals surface area contributed by atoms with Gasteiger partial charge in [0, 0.05) is 44.7 Å². The Morgan fingerprint density at radius 3 is 2.64 bits per heavy atom. The number of carbonyl (C=O) groups is 2. The lowest BCUT2D eigenvalue weighted by molar-refractivity contribution is -0.119. The summed E-state index contributed by atoms with van der Waals surface area (Å²) >= 11 is 0. The first kappa shape index (κ1) is 16.5. The highest BCUT2D eigenvalue weighted by Gasteiger charge is 2.22. The molecule has 0 aliphatic carbocycles. The van der Waals surface area contributed by atoms with Crippen LogP contribution in [0.4, 0.5) is 5.69 Å². The third-order valence-corrected chi connectivity index (χ3v) is 3.98. The summed E-state index contributed by atoms with van der Waals surface area (Å²) in [7, 11) is 0. The summed E-state index contributed by atoms with van der Waals surface area (Å²) in [5, 5.41) is 5.85. The summed E-state index contributed by atoms with van der Waals surface area (Å²) in [5.41, 5.74) is 2.11. The maximum atomic E-state index is 12.0. The zero-order valence-corrected chi connectivity index (χ0v) is 13.4. The lowest BCUT2D eigenvalue weighted by Crippen LogP contribution is -2.36. The van der Waals surface area contributed by atoms with Crippen molar-refractivity contribution < 1.29 is 9.59 Å². The first-order chi connectivity index (χ1) is 10.6. The molecule has 1 aliphatic rings. The van der Waals surface area contributed by atoms with Crippen molar-refractivity contribution in [2.75, 3.05) is 25.0 Å². The van der Waals surface area contributed by atoms with Gasteiger partial charge in [0.05, 0.1) is 0 Å². The number of likely N-dealkylation sites (tertiary alicyclic amines) is 1. The zero-order valence-electron chi connectivity index (χ0n) is 13.4. The van der Waals surface area contributed by atoms with Gasteiger partial charge in [-0.2, -0.15) is 0 Å². The average Bonchev–Trinajstić information content (AvgIpc) is 2.93. The van der Waals surface area contributed by atoms with Crippen LogP contribution in [0.2, 0.25) is 0 Å². The van der Waals surface area contributed by atoms with Crippen LogP contribution in [0.25, 0.3) is 0 Å². The summed E-state index contributed by atoms with van der Waals surface area (Å²) in [6.07, 6.45) is 2.43. The highest BCUT2D eigenvalue weighted by molar-refractivity contribution is 5.90. The molecule has 1 atom stereocenters. The van der Waals surface area contributed by atoms with E-state index in [0.717, 1.165) is 38.2 Å². The molecule has 5 heteroatoms. The molecule has 0 spiro atoms. The molecule has 0 aromatic heterocycles. The number of rotatable bonds is 6. The van der Waals surface area contributed by atoms with E-state index in [0.29, 0.717) is 6.42 Å². The van der Waals surface area contributed by atoms with Crippen molar-refractivity contribution in [2.45, 2.75) is 39.2 Å². The molecule has 1 heterocycles. The van der Waals surface area contributed by atoms with E-state index in [1.54, 1.807) is 6.92 Å². The van der Waals surface area contributed by atoms with Gasteiger partial charge in [-0.25, -0.2) is 0 Å². The summed E-state index contributed by atoms with van der Waals surface area (Å²) in [4.78, 5) is 25.2. The predicted molar refractivity (Wildman–Crippen MR) is 87.7 cm³/mol. The van der Waals surface area contributed by atoms with Crippen LogP contribution in [-0.2, 0) is 16.0 Å². The molecule has 2 N–H and O–H groups in total. The first-order valence-electron chi connectivity index (χ1n) is 7.95. The second-order valence-corrected chi connectivity index (χ2v) is 5.84. The Hall–Kier alpha value is -1.88. The Labute approximate surface area is 132 Å². The smallest absolute Gasteiger partial charge is 0.225 e. The molecule has 120 valence electrons. The Morgan fingerprint density at radius 1 is 1.27 bits per heavy atom. The standard InChI is InChI=1S/C17H25N3O2/c1-3-14-4-6-15(7-5-14)19-17(22)9-11-20-10-8-16(12-20)18-13(2)21/h4-7,16H,3,8-12H2,1-2H3,(H,18,21)(H,19,22). The average molecular weight is 303 g/mol. The summed E-state index contributed by atoms with van der Waals surface area (Å²) in [5.74, 6) is 0.0485. The van der Waals surface area contributed by atoms with E-state index >= 15 is 0 Å². The van der Waals surface area contributed by atoms with E-state index in [2.05, 4.69) is 22.5 Å². The van der Waals surface area contributed by atoms with Gasteiger partial charge in [0.1, 0.15) is 0 Å². The van der Waals surface area contributed by atoms with E-state index in [1.807, 2.05) is 24.3 Å². The molecule has 1 aromatic rings. The fourth-order valence-electron chi connectivity index (χ4n) is 2.75. The zero-order chi connectivity index (χ0) is 15.9. The molecule has 22 heavy (non-hydrogen) atoms. The van der Waals surface area contributed by atoms with E-state index in [1.165, 1.54) is 5.56 Å². The number of benzene rings is 1. The van der Waals surface area contributed by atoms with Crippen LogP contribution >= 0.6 is 0 Å². The number of hydrogen-bond acceptors (Lipinski definition) is 3. The third-order valence-electron chi connectivity index (χ3n) is 3.98. The van der Waals surface area contributed by atoms with Crippen LogP contribution in [0, 0.1) is 0 Å². The first-order valence-corrected chi connectivity index (χ1v) is 7.95. The second kappa shape index (κ2) is 7.94. The van der Waals surface area contributed by atoms with Crippen LogP contribution in [0.3, 0.4) is 0 Å². The highest BCUT2D eigenvalue weighted by atomic mass is 16.2. The van der Waals surface area contributed by atoms with E-state index < -0.39 is 0 Å². The van der Waals surface area contributed by atoms with Gasteiger partial charge in [0.2, 0.25) is 11.8 Å². The van der Waals surface area contributed by atoms with Crippen LogP contribution in [0.5, 0.6) is 0 Å². The Kier molecular flexibility index (Phi) is 5.95. The molecule has 0 radical (unpaired) electrons. The van der Waals surface area contributed by atoms with Crippen molar-refractivity contribution >= 4 is 17.5 Å². The number of anilines is 1. The van der Waals surface area contributed by atoms with Gasteiger partial charge < -0.3 is 15.5 Å². The van der Waals surface area contributed by atoms with Crippen LogP contribution < -0.4 is 10.6 Å². The van der Waals surface area contributed by atoms with Crippen LogP contribution in [-0.4, -0.2) is 42.4 Å². The number of nitrogens with zero attached hydrogens (tertiary/aromatic N) is 1. The predicted octanol–water partition coefficient (Wildman–Crippen LogP) is 1.79. The molecule has 0 bridgehead atoms. The highest BCUT2D eigenvalue weighted by Crippen LogP contribution is 2.12. The topological polar surface area (TPSA) is 61.4 Å². The minimum absolute atomic E-state index is 0.0140. The number of carbonyl (C=O) groups excluding carboxylic acids is 2. The minimum atomic E-state index is 0.0140. The van der Waals surface area contributed by atoms with Crippen molar-refractivity contribution in [3.8, 4) is 0 Å². The number of amides is 2. The number of nitrogens with one attached hydrogen (secondary N) is 2. The van der Waals surface area contributed by atoms with E-state index in [4.69, 9.17) is 0 Å². The lowest BCUT2D eigenvalue weighted by Gasteiger charge is -2.16.